The van der Waals surface area contributed by atoms with Gasteiger partial charge in [-0.25, -0.2) is 0 Å². The Hall–Kier alpha value is -1.85. The number of hydrogen-bond donors (Lipinski definition) is 2. The van der Waals surface area contributed by atoms with Gasteiger partial charge in [0.05, 0.1) is 0 Å². The molecule has 4 nitrogen and oxygen atoms in total. The Kier molecular flexibility index (Phi) is 6.43. The minimum atomic E-state index is -0.177. The molecular formula is C16H17ClN2O2S. The molecule has 0 bridgehead atoms. The second-order valence-corrected chi connectivity index (χ2v) is 5.96. The van der Waals surface area contributed by atoms with Crippen molar-refractivity contribution in [1.29, 1.82) is 0 Å². The molecule has 0 aliphatic heterocycles. The van der Waals surface area contributed by atoms with Gasteiger partial charge in [-0.3, -0.25) is 9.59 Å². The lowest BCUT2D eigenvalue weighted by Crippen LogP contribution is -2.34. The highest BCUT2D eigenvalue weighted by molar-refractivity contribution is 7.07. The van der Waals surface area contributed by atoms with E-state index in [1.165, 1.54) is 5.56 Å². The summed E-state index contributed by atoms with van der Waals surface area (Å²) in [5, 5.41) is 10.2. The molecule has 0 spiro atoms. The van der Waals surface area contributed by atoms with Crippen molar-refractivity contribution in [3.8, 4) is 0 Å². The molecule has 1 aromatic heterocycles. The van der Waals surface area contributed by atoms with Gasteiger partial charge < -0.3 is 10.6 Å². The van der Waals surface area contributed by atoms with E-state index in [9.17, 15) is 9.59 Å². The Morgan fingerprint density at radius 2 is 1.77 bits per heavy atom. The largest absolute Gasteiger partial charge is 0.354 e. The number of aryl methyl sites for hydroxylation is 1. The number of rotatable bonds is 7. The van der Waals surface area contributed by atoms with E-state index < -0.39 is 0 Å². The number of halogens is 1. The molecule has 0 radical (unpaired) electrons. The second kappa shape index (κ2) is 8.56. The van der Waals surface area contributed by atoms with Crippen LogP contribution in [0.4, 0.5) is 0 Å². The normalized spacial score (nSPS) is 10.2. The molecule has 1 aromatic carbocycles. The van der Waals surface area contributed by atoms with Crippen LogP contribution in [0.5, 0.6) is 0 Å². The second-order valence-electron chi connectivity index (χ2n) is 4.74. The van der Waals surface area contributed by atoms with Crippen LogP contribution in [0.3, 0.4) is 0 Å². The maximum atomic E-state index is 11.8. The highest BCUT2D eigenvalue weighted by atomic mass is 35.5. The molecule has 0 unspecified atom stereocenters. The van der Waals surface area contributed by atoms with Crippen LogP contribution in [0.25, 0.3) is 0 Å². The standard InChI is InChI=1S/C16H17ClN2O2S/c17-14-4-2-13(3-5-14)16(21)19-9-8-18-15(20)6-1-12-7-10-22-11-12/h2-5,7,10-11H,1,6,8-9H2,(H,18,20)(H,19,21). The maximum Gasteiger partial charge on any atom is 0.251 e. The van der Waals surface area contributed by atoms with Gasteiger partial charge in [0.2, 0.25) is 5.91 Å². The zero-order valence-corrected chi connectivity index (χ0v) is 13.5. The van der Waals surface area contributed by atoms with Gasteiger partial charge in [-0.05, 0) is 53.1 Å². The summed E-state index contributed by atoms with van der Waals surface area (Å²) in [4.78, 5) is 23.5. The number of carbonyl (C=O) groups excluding carboxylic acids is 2. The highest BCUT2D eigenvalue weighted by Crippen LogP contribution is 2.09. The van der Waals surface area contributed by atoms with Crippen LogP contribution in [0.15, 0.2) is 41.1 Å². The quantitative estimate of drug-likeness (QED) is 0.764. The summed E-state index contributed by atoms with van der Waals surface area (Å²) < 4.78 is 0. The van der Waals surface area contributed by atoms with Crippen molar-refractivity contribution in [2.75, 3.05) is 13.1 Å². The number of thiophene rings is 1. The number of benzene rings is 1. The predicted molar refractivity (Wildman–Crippen MR) is 89.4 cm³/mol. The van der Waals surface area contributed by atoms with E-state index >= 15 is 0 Å². The predicted octanol–water partition coefficient (Wildman–Crippen LogP) is 2.88. The molecule has 2 N–H and O–H groups in total. The summed E-state index contributed by atoms with van der Waals surface area (Å²) >= 11 is 7.39. The van der Waals surface area contributed by atoms with Crippen molar-refractivity contribution in [1.82, 2.24) is 10.6 Å². The van der Waals surface area contributed by atoms with Gasteiger partial charge >= 0.3 is 0 Å². The van der Waals surface area contributed by atoms with Gasteiger partial charge in [-0.15, -0.1) is 0 Å². The van der Waals surface area contributed by atoms with Gasteiger partial charge in [-0.2, -0.15) is 11.3 Å². The fourth-order valence-corrected chi connectivity index (χ4v) is 2.69. The Labute approximate surface area is 138 Å². The zero-order valence-electron chi connectivity index (χ0n) is 12.0. The average molecular weight is 337 g/mol. The van der Waals surface area contributed by atoms with Crippen molar-refractivity contribution in [2.45, 2.75) is 12.8 Å². The van der Waals surface area contributed by atoms with E-state index in [1.54, 1.807) is 35.6 Å². The lowest BCUT2D eigenvalue weighted by Gasteiger charge is -2.07. The van der Waals surface area contributed by atoms with Crippen LogP contribution in [-0.2, 0) is 11.2 Å². The average Bonchev–Trinajstić information content (AvgIpc) is 3.03. The van der Waals surface area contributed by atoms with Gasteiger partial charge in [-0.1, -0.05) is 11.6 Å². The molecular weight excluding hydrogens is 320 g/mol. The molecule has 116 valence electrons. The summed E-state index contributed by atoms with van der Waals surface area (Å²) in [7, 11) is 0. The minimum absolute atomic E-state index is 0.00746. The van der Waals surface area contributed by atoms with Gasteiger partial charge in [0, 0.05) is 30.1 Å². The summed E-state index contributed by atoms with van der Waals surface area (Å²) in [6, 6.07) is 8.68. The monoisotopic (exact) mass is 336 g/mol. The number of carbonyl (C=O) groups is 2. The third kappa shape index (κ3) is 5.50. The molecule has 6 heteroatoms. The molecule has 0 fully saturated rings. The van der Waals surface area contributed by atoms with E-state index in [0.29, 0.717) is 30.1 Å². The van der Waals surface area contributed by atoms with Crippen LogP contribution in [0.1, 0.15) is 22.3 Å². The fourth-order valence-electron chi connectivity index (χ4n) is 1.86. The first-order valence-corrected chi connectivity index (χ1v) is 8.29. The Morgan fingerprint density at radius 3 is 2.45 bits per heavy atom. The van der Waals surface area contributed by atoms with Gasteiger partial charge in [0.25, 0.3) is 5.91 Å². The molecule has 2 aromatic rings. The lowest BCUT2D eigenvalue weighted by molar-refractivity contribution is -0.121. The van der Waals surface area contributed by atoms with Crippen molar-refractivity contribution >= 4 is 34.8 Å². The zero-order chi connectivity index (χ0) is 15.8. The molecule has 22 heavy (non-hydrogen) atoms. The molecule has 2 rings (SSSR count). The molecule has 0 atom stereocenters. The van der Waals surface area contributed by atoms with E-state index in [-0.39, 0.29) is 11.8 Å². The summed E-state index contributed by atoms with van der Waals surface area (Å²) in [6.07, 6.45) is 1.20. The highest BCUT2D eigenvalue weighted by Gasteiger charge is 2.05. The van der Waals surface area contributed by atoms with Crippen LogP contribution < -0.4 is 10.6 Å². The molecule has 0 saturated carbocycles. The SMILES string of the molecule is O=C(CCc1ccsc1)NCCNC(=O)c1ccc(Cl)cc1. The van der Waals surface area contributed by atoms with Crippen molar-refractivity contribution in [3.63, 3.8) is 0 Å². The first-order chi connectivity index (χ1) is 10.6. The van der Waals surface area contributed by atoms with E-state index in [4.69, 9.17) is 11.6 Å². The molecule has 0 aliphatic rings. The van der Waals surface area contributed by atoms with Gasteiger partial charge in [0.1, 0.15) is 0 Å². The summed E-state index contributed by atoms with van der Waals surface area (Å²) in [5.41, 5.74) is 1.73. The summed E-state index contributed by atoms with van der Waals surface area (Å²) in [5.74, 6) is -0.184. The van der Waals surface area contributed by atoms with Crippen molar-refractivity contribution < 1.29 is 9.59 Å². The van der Waals surface area contributed by atoms with Crippen LogP contribution in [0, 0.1) is 0 Å². The number of hydrogen-bond acceptors (Lipinski definition) is 3. The van der Waals surface area contributed by atoms with E-state index in [2.05, 4.69) is 10.6 Å². The summed E-state index contributed by atoms with van der Waals surface area (Å²) in [6.45, 7) is 0.813. The Bertz CT molecular complexity index is 612. The molecule has 1 heterocycles. The first kappa shape index (κ1) is 16.5. The lowest BCUT2D eigenvalue weighted by atomic mass is 10.2. The number of amides is 2. The van der Waals surface area contributed by atoms with Gasteiger partial charge in [0.15, 0.2) is 0 Å². The smallest absolute Gasteiger partial charge is 0.251 e. The number of nitrogens with one attached hydrogen (secondary N) is 2. The van der Waals surface area contributed by atoms with Crippen LogP contribution in [0.2, 0.25) is 5.02 Å². The topological polar surface area (TPSA) is 58.2 Å². The van der Waals surface area contributed by atoms with Crippen molar-refractivity contribution in [3.05, 3.63) is 57.2 Å². The van der Waals surface area contributed by atoms with Crippen molar-refractivity contribution in [2.24, 2.45) is 0 Å². The third-order valence-corrected chi connectivity index (χ3v) is 4.04. The maximum absolute atomic E-state index is 11.8. The fraction of sp³-hybridized carbons (Fsp3) is 0.250. The molecule has 2 amide bonds. The Morgan fingerprint density at radius 1 is 1.05 bits per heavy atom. The van der Waals surface area contributed by atoms with Crippen LogP contribution in [-0.4, -0.2) is 24.9 Å². The first-order valence-electron chi connectivity index (χ1n) is 6.96. The van der Waals surface area contributed by atoms with Crippen LogP contribution >= 0.6 is 22.9 Å². The molecule has 0 aliphatic carbocycles. The minimum Gasteiger partial charge on any atom is -0.354 e. The van der Waals surface area contributed by atoms with E-state index in [1.807, 2.05) is 16.8 Å². The Balaban J connectivity index is 1.61. The molecule has 0 saturated heterocycles. The van der Waals surface area contributed by atoms with E-state index in [0.717, 1.165) is 6.42 Å². The third-order valence-electron chi connectivity index (χ3n) is 3.06.